The molecular formula is C18H19BrN4O. The van der Waals surface area contributed by atoms with Crippen molar-refractivity contribution in [2.24, 2.45) is 0 Å². The van der Waals surface area contributed by atoms with Crippen molar-refractivity contribution in [2.45, 2.75) is 19.9 Å². The molecule has 3 rings (SSSR count). The quantitative estimate of drug-likeness (QED) is 0.641. The average molecular weight is 387 g/mol. The van der Waals surface area contributed by atoms with Gasteiger partial charge in [0.05, 0.1) is 15.9 Å². The number of nitrogens with one attached hydrogen (secondary N) is 2. The second kappa shape index (κ2) is 7.49. The molecule has 0 aliphatic carbocycles. The molecule has 5 nitrogen and oxygen atoms in total. The van der Waals surface area contributed by atoms with Gasteiger partial charge in [0.15, 0.2) is 0 Å². The maximum Gasteiger partial charge on any atom is 0.319 e. The van der Waals surface area contributed by atoms with E-state index in [1.165, 1.54) is 0 Å². The van der Waals surface area contributed by atoms with Crippen LogP contribution in [-0.4, -0.2) is 22.4 Å². The van der Waals surface area contributed by atoms with Crippen molar-refractivity contribution < 1.29 is 4.79 Å². The van der Waals surface area contributed by atoms with Gasteiger partial charge in [0.25, 0.3) is 0 Å². The summed E-state index contributed by atoms with van der Waals surface area (Å²) in [4.78, 5) is 12.1. The van der Waals surface area contributed by atoms with Crippen LogP contribution in [0.3, 0.4) is 0 Å². The molecule has 6 heteroatoms. The monoisotopic (exact) mass is 386 g/mol. The summed E-state index contributed by atoms with van der Waals surface area (Å²) in [7, 11) is 0. The molecule has 124 valence electrons. The molecule has 0 radical (unpaired) electrons. The van der Waals surface area contributed by atoms with Crippen LogP contribution in [0.2, 0.25) is 0 Å². The van der Waals surface area contributed by atoms with Gasteiger partial charge in [-0.1, -0.05) is 36.4 Å². The SMILES string of the molecule is Cc1nn(CCCNC(=O)Nc2cccc3ccccc23)cc1Br. The van der Waals surface area contributed by atoms with E-state index >= 15 is 0 Å². The molecule has 2 aromatic carbocycles. The molecule has 1 aromatic heterocycles. The summed E-state index contributed by atoms with van der Waals surface area (Å²) in [6.45, 7) is 3.31. The van der Waals surface area contributed by atoms with Gasteiger partial charge >= 0.3 is 6.03 Å². The van der Waals surface area contributed by atoms with Gasteiger partial charge in [-0.15, -0.1) is 0 Å². The van der Waals surface area contributed by atoms with Gasteiger partial charge in [-0.05, 0) is 40.7 Å². The second-order valence-electron chi connectivity index (χ2n) is 5.59. The van der Waals surface area contributed by atoms with Gasteiger partial charge in [0, 0.05) is 24.7 Å². The van der Waals surface area contributed by atoms with Crippen LogP contribution in [-0.2, 0) is 6.54 Å². The largest absolute Gasteiger partial charge is 0.338 e. The van der Waals surface area contributed by atoms with Crippen LogP contribution < -0.4 is 10.6 Å². The van der Waals surface area contributed by atoms with E-state index < -0.39 is 0 Å². The lowest BCUT2D eigenvalue weighted by atomic mass is 10.1. The zero-order valence-corrected chi connectivity index (χ0v) is 15.0. The smallest absolute Gasteiger partial charge is 0.319 e. The Morgan fingerprint density at radius 3 is 2.79 bits per heavy atom. The molecule has 0 saturated carbocycles. The van der Waals surface area contributed by atoms with Crippen LogP contribution >= 0.6 is 15.9 Å². The summed E-state index contributed by atoms with van der Waals surface area (Å²) in [5.41, 5.74) is 1.79. The molecule has 0 saturated heterocycles. The number of carbonyl (C=O) groups excluding carboxylic acids is 1. The lowest BCUT2D eigenvalue weighted by Gasteiger charge is -2.10. The number of halogens is 1. The minimum atomic E-state index is -0.191. The standard InChI is InChI=1S/C18H19BrN4O/c1-13-16(19)12-23(22-13)11-5-10-20-18(24)21-17-9-4-7-14-6-2-3-8-15(14)17/h2-4,6-9,12H,5,10-11H2,1H3,(H2,20,21,24). The second-order valence-corrected chi connectivity index (χ2v) is 6.44. The number of urea groups is 1. The van der Waals surface area contributed by atoms with E-state index in [2.05, 4.69) is 31.7 Å². The zero-order valence-electron chi connectivity index (χ0n) is 13.4. The third kappa shape index (κ3) is 3.94. The maximum absolute atomic E-state index is 12.1. The number of anilines is 1. The Bertz CT molecular complexity index is 834. The number of hydrogen-bond acceptors (Lipinski definition) is 2. The van der Waals surface area contributed by atoms with Gasteiger partial charge < -0.3 is 10.6 Å². The van der Waals surface area contributed by atoms with Gasteiger partial charge in [-0.3, -0.25) is 4.68 Å². The molecule has 0 spiro atoms. The minimum Gasteiger partial charge on any atom is -0.338 e. The van der Waals surface area contributed by atoms with Crippen LogP contribution in [0.25, 0.3) is 10.8 Å². The molecule has 0 aliphatic heterocycles. The highest BCUT2D eigenvalue weighted by atomic mass is 79.9. The third-order valence-electron chi connectivity index (χ3n) is 3.77. The molecule has 0 fully saturated rings. The number of rotatable bonds is 5. The Morgan fingerprint density at radius 1 is 1.21 bits per heavy atom. The third-order valence-corrected chi connectivity index (χ3v) is 4.55. The molecule has 0 atom stereocenters. The lowest BCUT2D eigenvalue weighted by molar-refractivity contribution is 0.251. The normalized spacial score (nSPS) is 10.8. The molecule has 1 heterocycles. The Morgan fingerprint density at radius 2 is 2.00 bits per heavy atom. The molecule has 2 amide bonds. The van der Waals surface area contributed by atoms with Crippen molar-refractivity contribution in [1.29, 1.82) is 0 Å². The molecule has 24 heavy (non-hydrogen) atoms. The Hall–Kier alpha value is -2.34. The van der Waals surface area contributed by atoms with E-state index in [4.69, 9.17) is 0 Å². The summed E-state index contributed by atoms with van der Waals surface area (Å²) < 4.78 is 2.88. The number of aryl methyl sites for hydroxylation is 2. The van der Waals surface area contributed by atoms with Gasteiger partial charge in [-0.25, -0.2) is 4.79 Å². The number of carbonyl (C=O) groups is 1. The van der Waals surface area contributed by atoms with Crippen molar-refractivity contribution in [3.05, 3.63) is 58.8 Å². The number of aromatic nitrogens is 2. The predicted octanol–water partition coefficient (Wildman–Crippen LogP) is 4.32. The summed E-state index contributed by atoms with van der Waals surface area (Å²) >= 11 is 3.44. The van der Waals surface area contributed by atoms with Crippen LogP contribution in [0.4, 0.5) is 10.5 Å². The number of hydrogen-bond donors (Lipinski definition) is 2. The lowest BCUT2D eigenvalue weighted by Crippen LogP contribution is -2.30. The van der Waals surface area contributed by atoms with Crippen molar-refractivity contribution >= 4 is 38.4 Å². The summed E-state index contributed by atoms with van der Waals surface area (Å²) in [5.74, 6) is 0. The van der Waals surface area contributed by atoms with Crippen molar-refractivity contribution in [3.63, 3.8) is 0 Å². The number of fused-ring (bicyclic) bond motifs is 1. The highest BCUT2D eigenvalue weighted by molar-refractivity contribution is 9.10. The van der Waals surface area contributed by atoms with Crippen LogP contribution in [0.15, 0.2) is 53.1 Å². The van der Waals surface area contributed by atoms with Gasteiger partial charge in [0.1, 0.15) is 0 Å². The fraction of sp³-hybridized carbons (Fsp3) is 0.222. The first-order valence-electron chi connectivity index (χ1n) is 7.85. The van der Waals surface area contributed by atoms with Crippen LogP contribution in [0.1, 0.15) is 12.1 Å². The fourth-order valence-electron chi connectivity index (χ4n) is 2.55. The van der Waals surface area contributed by atoms with Crippen LogP contribution in [0, 0.1) is 6.92 Å². The predicted molar refractivity (Wildman–Crippen MR) is 100 cm³/mol. The number of benzene rings is 2. The van der Waals surface area contributed by atoms with E-state index in [0.29, 0.717) is 6.54 Å². The topological polar surface area (TPSA) is 59.0 Å². The highest BCUT2D eigenvalue weighted by Gasteiger charge is 2.05. The van der Waals surface area contributed by atoms with Crippen LogP contribution in [0.5, 0.6) is 0 Å². The molecule has 0 bridgehead atoms. The first-order chi connectivity index (χ1) is 11.6. The fourth-order valence-corrected chi connectivity index (χ4v) is 2.87. The summed E-state index contributed by atoms with van der Waals surface area (Å²) in [6, 6.07) is 13.7. The van der Waals surface area contributed by atoms with Crippen molar-refractivity contribution in [2.75, 3.05) is 11.9 Å². The summed E-state index contributed by atoms with van der Waals surface area (Å²) in [5, 5.41) is 12.3. The van der Waals surface area contributed by atoms with Crippen molar-refractivity contribution in [1.82, 2.24) is 15.1 Å². The van der Waals surface area contributed by atoms with E-state index in [1.807, 2.05) is 60.3 Å². The van der Waals surface area contributed by atoms with Crippen molar-refractivity contribution in [3.8, 4) is 0 Å². The summed E-state index contributed by atoms with van der Waals surface area (Å²) in [6.07, 6.45) is 2.77. The van der Waals surface area contributed by atoms with Gasteiger partial charge in [-0.2, -0.15) is 5.10 Å². The first kappa shape index (κ1) is 16.5. The Labute approximate surface area is 149 Å². The molecule has 2 N–H and O–H groups in total. The average Bonchev–Trinajstić information content (AvgIpc) is 2.90. The van der Waals surface area contributed by atoms with E-state index in [1.54, 1.807) is 0 Å². The number of amides is 2. The molecule has 3 aromatic rings. The number of nitrogens with zero attached hydrogens (tertiary/aromatic N) is 2. The molecular weight excluding hydrogens is 368 g/mol. The highest BCUT2D eigenvalue weighted by Crippen LogP contribution is 2.22. The van der Waals surface area contributed by atoms with E-state index in [-0.39, 0.29) is 6.03 Å². The Balaban J connectivity index is 1.50. The van der Waals surface area contributed by atoms with E-state index in [9.17, 15) is 4.79 Å². The molecule has 0 unspecified atom stereocenters. The maximum atomic E-state index is 12.1. The first-order valence-corrected chi connectivity index (χ1v) is 8.65. The minimum absolute atomic E-state index is 0.191. The van der Waals surface area contributed by atoms with E-state index in [0.717, 1.165) is 39.6 Å². The Kier molecular flexibility index (Phi) is 5.15. The molecule has 0 aliphatic rings. The van der Waals surface area contributed by atoms with Gasteiger partial charge in [0.2, 0.25) is 0 Å². The zero-order chi connectivity index (χ0) is 16.9.